The van der Waals surface area contributed by atoms with Crippen LogP contribution in [0.25, 0.3) is 0 Å². The summed E-state index contributed by atoms with van der Waals surface area (Å²) in [6.45, 7) is 10.5. The second-order valence-corrected chi connectivity index (χ2v) is 10.6. The molecule has 37 heavy (non-hydrogen) atoms. The molecule has 0 saturated carbocycles. The predicted octanol–water partition coefficient (Wildman–Crippen LogP) is 6.70. The highest BCUT2D eigenvalue weighted by atomic mass is 35.5. The van der Waals surface area contributed by atoms with Gasteiger partial charge in [-0.25, -0.2) is 9.97 Å². The van der Waals surface area contributed by atoms with Crippen LogP contribution in [0.5, 0.6) is 0 Å². The molecule has 1 fully saturated rings. The van der Waals surface area contributed by atoms with Crippen LogP contribution in [0.2, 0.25) is 5.15 Å². The number of carbonyl (C=O) groups is 1. The van der Waals surface area contributed by atoms with Gasteiger partial charge < -0.3 is 9.80 Å². The second-order valence-electron chi connectivity index (χ2n) is 9.22. The summed E-state index contributed by atoms with van der Waals surface area (Å²) in [5, 5.41) is 1.01. The minimum atomic E-state index is 0.115. The summed E-state index contributed by atoms with van der Waals surface area (Å²) in [5.41, 5.74) is 3.22. The fourth-order valence-electron chi connectivity index (χ4n) is 4.55. The predicted molar refractivity (Wildman–Crippen MR) is 154 cm³/mol. The number of nitrogens with zero attached hydrogens (tertiary/aromatic N) is 4. The number of anilines is 1. The van der Waals surface area contributed by atoms with Crippen LogP contribution in [0.4, 0.5) is 5.82 Å². The molecule has 5 nitrogen and oxygen atoms in total. The molecule has 1 amide bonds. The molecule has 7 heteroatoms. The van der Waals surface area contributed by atoms with Crippen LogP contribution in [0.3, 0.4) is 0 Å². The number of amides is 1. The van der Waals surface area contributed by atoms with Crippen molar-refractivity contribution in [2.24, 2.45) is 5.92 Å². The molecule has 0 N–H and O–H groups in total. The zero-order chi connectivity index (χ0) is 26.0. The molecule has 1 aliphatic rings. The standard InChI is InChI=1S/C30H33ClN4OS/c1-3-16-34(17-4-2)28-21-27(31)32-30(33-28)37-22-25-10-12-26(13-11-25)29(36)35-18-14-24(15-19-35)20-23-8-6-5-7-9-23/h3-13,21,24H,1-2,14-20,22H2. The van der Waals surface area contributed by atoms with Gasteiger partial charge in [0.1, 0.15) is 11.0 Å². The average Bonchev–Trinajstić information content (AvgIpc) is 2.92. The van der Waals surface area contributed by atoms with Crippen LogP contribution < -0.4 is 4.90 Å². The number of benzene rings is 2. The third-order valence-corrected chi connectivity index (χ3v) is 7.63. The number of hydrogen-bond acceptors (Lipinski definition) is 5. The fraction of sp³-hybridized carbons (Fsp3) is 0.300. The number of carbonyl (C=O) groups excluding carboxylic acids is 1. The van der Waals surface area contributed by atoms with Gasteiger partial charge in [-0.1, -0.05) is 78.0 Å². The Morgan fingerprint density at radius 1 is 1.00 bits per heavy atom. The largest absolute Gasteiger partial charge is 0.349 e. The van der Waals surface area contributed by atoms with E-state index in [4.69, 9.17) is 11.6 Å². The molecule has 1 aliphatic heterocycles. The maximum atomic E-state index is 13.1. The number of aromatic nitrogens is 2. The molecule has 192 valence electrons. The van der Waals surface area contributed by atoms with Crippen molar-refractivity contribution in [1.82, 2.24) is 14.9 Å². The Balaban J connectivity index is 1.30. The molecule has 0 radical (unpaired) electrons. The van der Waals surface area contributed by atoms with E-state index in [1.54, 1.807) is 6.07 Å². The SMILES string of the molecule is C=CCN(CC=C)c1cc(Cl)nc(SCc2ccc(C(=O)N3CCC(Cc4ccccc4)CC3)cc2)n1. The van der Waals surface area contributed by atoms with Gasteiger partial charge in [-0.2, -0.15) is 0 Å². The van der Waals surface area contributed by atoms with Crippen LogP contribution in [0.1, 0.15) is 34.3 Å². The molecule has 4 rings (SSSR count). The van der Waals surface area contributed by atoms with Crippen molar-refractivity contribution in [2.75, 3.05) is 31.1 Å². The van der Waals surface area contributed by atoms with Gasteiger partial charge in [0.05, 0.1) is 0 Å². The first kappa shape index (κ1) is 27.0. The fourth-order valence-corrected chi connectivity index (χ4v) is 5.58. The monoisotopic (exact) mass is 532 g/mol. The Labute approximate surface area is 229 Å². The second kappa shape index (κ2) is 13.5. The van der Waals surface area contributed by atoms with E-state index in [-0.39, 0.29) is 5.91 Å². The van der Waals surface area contributed by atoms with E-state index < -0.39 is 0 Å². The third kappa shape index (κ3) is 7.70. The first-order valence-electron chi connectivity index (χ1n) is 12.6. The van der Waals surface area contributed by atoms with E-state index >= 15 is 0 Å². The van der Waals surface area contributed by atoms with E-state index in [0.717, 1.165) is 49.3 Å². The van der Waals surface area contributed by atoms with Gasteiger partial charge in [0.15, 0.2) is 5.16 Å². The van der Waals surface area contributed by atoms with Crippen LogP contribution in [-0.4, -0.2) is 47.0 Å². The zero-order valence-electron chi connectivity index (χ0n) is 21.1. The van der Waals surface area contributed by atoms with E-state index in [9.17, 15) is 4.79 Å². The highest BCUT2D eigenvalue weighted by Gasteiger charge is 2.23. The van der Waals surface area contributed by atoms with E-state index in [1.807, 2.05) is 46.2 Å². The van der Waals surface area contributed by atoms with Crippen molar-refractivity contribution in [3.63, 3.8) is 0 Å². The summed E-state index contributed by atoms with van der Waals surface area (Å²) in [4.78, 5) is 26.1. The Morgan fingerprint density at radius 2 is 1.68 bits per heavy atom. The normalized spacial score (nSPS) is 13.8. The number of piperidine rings is 1. The van der Waals surface area contributed by atoms with Crippen LogP contribution in [-0.2, 0) is 12.2 Å². The van der Waals surface area contributed by atoms with Gasteiger partial charge >= 0.3 is 0 Å². The number of likely N-dealkylation sites (tertiary alicyclic amines) is 1. The van der Waals surface area contributed by atoms with Gasteiger partial charge in [0.25, 0.3) is 5.91 Å². The van der Waals surface area contributed by atoms with Crippen molar-refractivity contribution in [3.05, 3.63) is 108 Å². The summed E-state index contributed by atoms with van der Waals surface area (Å²) in [6, 6.07) is 20.2. The van der Waals surface area contributed by atoms with Crippen LogP contribution in [0, 0.1) is 5.92 Å². The molecule has 0 spiro atoms. The molecular weight excluding hydrogens is 500 g/mol. The smallest absolute Gasteiger partial charge is 0.253 e. The highest BCUT2D eigenvalue weighted by molar-refractivity contribution is 7.98. The molecule has 1 saturated heterocycles. The lowest BCUT2D eigenvalue weighted by molar-refractivity contribution is 0.0690. The van der Waals surface area contributed by atoms with E-state index in [1.165, 1.54) is 17.3 Å². The quantitative estimate of drug-likeness (QED) is 0.119. The Bertz CT molecular complexity index is 1180. The minimum Gasteiger partial charge on any atom is -0.349 e. The lowest BCUT2D eigenvalue weighted by Gasteiger charge is -2.32. The molecule has 0 aliphatic carbocycles. The number of halogens is 1. The maximum absolute atomic E-state index is 13.1. The lowest BCUT2D eigenvalue weighted by Crippen LogP contribution is -2.38. The maximum Gasteiger partial charge on any atom is 0.253 e. The van der Waals surface area contributed by atoms with Gasteiger partial charge in [-0.05, 0) is 48.4 Å². The molecule has 1 aromatic heterocycles. The van der Waals surface area contributed by atoms with Gasteiger partial charge in [0.2, 0.25) is 0 Å². The van der Waals surface area contributed by atoms with Crippen LogP contribution >= 0.6 is 23.4 Å². The average molecular weight is 533 g/mol. The van der Waals surface area contributed by atoms with Gasteiger partial charge in [0, 0.05) is 43.6 Å². The summed E-state index contributed by atoms with van der Waals surface area (Å²) in [5.74, 6) is 2.18. The highest BCUT2D eigenvalue weighted by Crippen LogP contribution is 2.26. The van der Waals surface area contributed by atoms with Gasteiger partial charge in [-0.15, -0.1) is 13.2 Å². The summed E-state index contributed by atoms with van der Waals surface area (Å²) < 4.78 is 0. The lowest BCUT2D eigenvalue weighted by atomic mass is 9.90. The third-order valence-electron chi connectivity index (χ3n) is 6.52. The topological polar surface area (TPSA) is 49.3 Å². The van der Waals surface area contributed by atoms with Crippen molar-refractivity contribution >= 4 is 35.1 Å². The van der Waals surface area contributed by atoms with Gasteiger partial charge in [-0.3, -0.25) is 4.79 Å². The molecule has 3 aromatic rings. The Morgan fingerprint density at radius 3 is 2.32 bits per heavy atom. The summed E-state index contributed by atoms with van der Waals surface area (Å²) in [7, 11) is 0. The van der Waals surface area contributed by atoms with E-state index in [2.05, 4.69) is 53.5 Å². The van der Waals surface area contributed by atoms with Crippen molar-refractivity contribution in [1.29, 1.82) is 0 Å². The number of thioether (sulfide) groups is 1. The minimum absolute atomic E-state index is 0.115. The molecule has 0 atom stereocenters. The number of rotatable bonds is 11. The molecule has 2 aromatic carbocycles. The zero-order valence-corrected chi connectivity index (χ0v) is 22.6. The van der Waals surface area contributed by atoms with Crippen molar-refractivity contribution < 1.29 is 4.79 Å². The molecule has 0 unspecified atom stereocenters. The summed E-state index contributed by atoms with van der Waals surface area (Å²) >= 11 is 7.79. The number of hydrogen-bond donors (Lipinski definition) is 0. The first-order valence-corrected chi connectivity index (χ1v) is 14.0. The molecular formula is C30H33ClN4OS. The molecule has 2 heterocycles. The van der Waals surface area contributed by atoms with E-state index in [0.29, 0.717) is 35.1 Å². The first-order chi connectivity index (χ1) is 18.1. The van der Waals surface area contributed by atoms with Crippen LogP contribution in [0.15, 0.2) is 91.1 Å². The molecule has 0 bridgehead atoms. The van der Waals surface area contributed by atoms with Crippen molar-refractivity contribution in [3.8, 4) is 0 Å². The van der Waals surface area contributed by atoms with Crippen molar-refractivity contribution in [2.45, 2.75) is 30.2 Å². The Kier molecular flexibility index (Phi) is 9.80. The Hall–Kier alpha value is -3.09. The summed E-state index contributed by atoms with van der Waals surface area (Å²) in [6.07, 6.45) is 6.83.